The quantitative estimate of drug-likeness (QED) is 0.918. The molecule has 0 amide bonds. The highest BCUT2D eigenvalue weighted by atomic mass is 35.5. The van der Waals surface area contributed by atoms with E-state index in [9.17, 15) is 8.42 Å². The molecule has 0 saturated carbocycles. The Morgan fingerprint density at radius 2 is 2.00 bits per heavy atom. The zero-order valence-electron chi connectivity index (χ0n) is 12.2. The lowest BCUT2D eigenvalue weighted by Crippen LogP contribution is -2.24. The maximum Gasteiger partial charge on any atom is 0.241 e. The van der Waals surface area contributed by atoms with Crippen molar-refractivity contribution < 1.29 is 8.42 Å². The van der Waals surface area contributed by atoms with Crippen LogP contribution in [-0.2, 0) is 23.1 Å². The molecule has 2 aromatic rings. The van der Waals surface area contributed by atoms with Crippen LogP contribution in [0.15, 0.2) is 29.3 Å². The van der Waals surface area contributed by atoms with Gasteiger partial charge in [-0.3, -0.25) is 4.68 Å². The number of hydrogen-bond donors (Lipinski definition) is 1. The highest BCUT2D eigenvalue weighted by Crippen LogP contribution is 2.23. The first kappa shape index (κ1) is 16.0. The SMILES string of the molecule is CCn1ccc(CNS(=O)(=O)c2cc(C)c(Cl)cc2C)n1. The largest absolute Gasteiger partial charge is 0.273 e. The first-order valence-corrected chi connectivity index (χ1v) is 8.48. The third-order valence-electron chi connectivity index (χ3n) is 3.21. The third kappa shape index (κ3) is 3.64. The molecule has 0 aliphatic heterocycles. The maximum absolute atomic E-state index is 12.4. The van der Waals surface area contributed by atoms with Gasteiger partial charge in [0.25, 0.3) is 0 Å². The van der Waals surface area contributed by atoms with Crippen LogP contribution >= 0.6 is 11.6 Å². The van der Waals surface area contributed by atoms with Crippen LogP contribution in [0, 0.1) is 13.8 Å². The van der Waals surface area contributed by atoms with Crippen LogP contribution in [0.3, 0.4) is 0 Å². The minimum absolute atomic E-state index is 0.163. The molecule has 1 heterocycles. The Morgan fingerprint density at radius 3 is 2.62 bits per heavy atom. The van der Waals surface area contributed by atoms with Crippen molar-refractivity contribution in [1.82, 2.24) is 14.5 Å². The molecule has 114 valence electrons. The average Bonchev–Trinajstić information content (AvgIpc) is 2.88. The van der Waals surface area contributed by atoms with Gasteiger partial charge in [0, 0.05) is 17.8 Å². The molecule has 1 aromatic carbocycles. The van der Waals surface area contributed by atoms with E-state index in [1.807, 2.05) is 13.1 Å². The molecule has 5 nitrogen and oxygen atoms in total. The van der Waals surface area contributed by atoms with Crippen LogP contribution in [0.5, 0.6) is 0 Å². The van der Waals surface area contributed by atoms with Gasteiger partial charge in [0.15, 0.2) is 0 Å². The zero-order chi connectivity index (χ0) is 15.6. The van der Waals surface area contributed by atoms with E-state index < -0.39 is 10.0 Å². The molecule has 21 heavy (non-hydrogen) atoms. The van der Waals surface area contributed by atoms with Crippen LogP contribution in [-0.4, -0.2) is 18.2 Å². The number of benzene rings is 1. The topological polar surface area (TPSA) is 64.0 Å². The molecule has 0 spiro atoms. The van der Waals surface area contributed by atoms with Crippen molar-refractivity contribution in [2.24, 2.45) is 0 Å². The monoisotopic (exact) mass is 327 g/mol. The second-order valence-corrected chi connectivity index (χ2v) is 7.00. The number of halogens is 1. The zero-order valence-corrected chi connectivity index (χ0v) is 13.8. The van der Waals surface area contributed by atoms with Crippen molar-refractivity contribution in [2.45, 2.75) is 38.8 Å². The van der Waals surface area contributed by atoms with Crippen molar-refractivity contribution in [2.75, 3.05) is 0 Å². The van der Waals surface area contributed by atoms with Crippen molar-refractivity contribution in [3.8, 4) is 0 Å². The summed E-state index contributed by atoms with van der Waals surface area (Å²) in [4.78, 5) is 0.249. The fraction of sp³-hybridized carbons (Fsp3) is 0.357. The molecular formula is C14H18ClN3O2S. The van der Waals surface area contributed by atoms with Gasteiger partial charge in [0.05, 0.1) is 17.1 Å². The Kier molecular flexibility index (Phi) is 4.70. The van der Waals surface area contributed by atoms with Gasteiger partial charge >= 0.3 is 0 Å². The van der Waals surface area contributed by atoms with Gasteiger partial charge in [-0.1, -0.05) is 11.6 Å². The molecule has 0 radical (unpaired) electrons. The predicted octanol–water partition coefficient (Wildman–Crippen LogP) is 2.65. The summed E-state index contributed by atoms with van der Waals surface area (Å²) in [5, 5.41) is 4.81. The molecule has 1 aromatic heterocycles. The molecule has 7 heteroatoms. The molecule has 0 atom stereocenters. The number of nitrogens with one attached hydrogen (secondary N) is 1. The Morgan fingerprint density at radius 1 is 1.29 bits per heavy atom. The molecule has 0 aliphatic carbocycles. The van der Waals surface area contributed by atoms with E-state index in [2.05, 4.69) is 9.82 Å². The van der Waals surface area contributed by atoms with Crippen molar-refractivity contribution >= 4 is 21.6 Å². The average molecular weight is 328 g/mol. The standard InChI is InChI=1S/C14H18ClN3O2S/c1-4-18-6-5-12(17-18)9-16-21(19,20)14-8-10(2)13(15)7-11(14)3/h5-8,16H,4,9H2,1-3H3. The van der Waals surface area contributed by atoms with E-state index in [1.165, 1.54) is 0 Å². The van der Waals surface area contributed by atoms with Gasteiger partial charge in [0.1, 0.15) is 0 Å². The summed E-state index contributed by atoms with van der Waals surface area (Å²) in [5.74, 6) is 0. The number of hydrogen-bond acceptors (Lipinski definition) is 3. The molecule has 0 fully saturated rings. The summed E-state index contributed by atoms with van der Waals surface area (Å²) >= 11 is 6.00. The van der Waals surface area contributed by atoms with Crippen molar-refractivity contribution in [1.29, 1.82) is 0 Å². The van der Waals surface area contributed by atoms with Gasteiger partial charge in [0.2, 0.25) is 10.0 Å². The third-order valence-corrected chi connectivity index (χ3v) is 5.16. The van der Waals surface area contributed by atoms with E-state index in [1.54, 1.807) is 36.7 Å². The van der Waals surface area contributed by atoms with Crippen molar-refractivity contribution in [3.05, 3.63) is 46.2 Å². The minimum Gasteiger partial charge on any atom is -0.273 e. The summed E-state index contributed by atoms with van der Waals surface area (Å²) in [6, 6.07) is 5.05. The number of sulfonamides is 1. The molecule has 0 unspecified atom stereocenters. The Hall–Kier alpha value is -1.37. The number of rotatable bonds is 5. The Labute approximate surface area is 130 Å². The van der Waals surface area contributed by atoms with Crippen molar-refractivity contribution in [3.63, 3.8) is 0 Å². The summed E-state index contributed by atoms with van der Waals surface area (Å²) in [5.41, 5.74) is 2.04. The van der Waals surface area contributed by atoms with Crippen LogP contribution in [0.25, 0.3) is 0 Å². The molecule has 0 bridgehead atoms. The predicted molar refractivity (Wildman–Crippen MR) is 82.9 cm³/mol. The van der Waals surface area contributed by atoms with Crippen LogP contribution in [0.1, 0.15) is 23.7 Å². The molecular weight excluding hydrogens is 310 g/mol. The summed E-state index contributed by atoms with van der Waals surface area (Å²) < 4.78 is 29.1. The highest BCUT2D eigenvalue weighted by molar-refractivity contribution is 7.89. The Balaban J connectivity index is 2.20. The van der Waals surface area contributed by atoms with Crippen LogP contribution < -0.4 is 4.72 Å². The molecule has 1 N–H and O–H groups in total. The Bertz CT molecular complexity index is 754. The van der Waals surface area contributed by atoms with Gasteiger partial charge in [-0.15, -0.1) is 0 Å². The van der Waals surface area contributed by atoms with Gasteiger partial charge in [-0.05, 0) is 50.1 Å². The van der Waals surface area contributed by atoms with E-state index in [0.717, 1.165) is 12.1 Å². The first-order valence-electron chi connectivity index (χ1n) is 6.62. The lowest BCUT2D eigenvalue weighted by Gasteiger charge is -2.10. The summed E-state index contributed by atoms with van der Waals surface area (Å²) in [7, 11) is -3.58. The number of nitrogens with zero attached hydrogens (tertiary/aromatic N) is 2. The fourth-order valence-electron chi connectivity index (χ4n) is 1.96. The summed E-state index contributed by atoms with van der Waals surface area (Å²) in [6.45, 7) is 6.40. The first-order chi connectivity index (χ1) is 9.83. The van der Waals surface area contributed by atoms with E-state index in [0.29, 0.717) is 16.3 Å². The van der Waals surface area contributed by atoms with Gasteiger partial charge in [-0.25, -0.2) is 13.1 Å². The molecule has 2 rings (SSSR count). The lowest BCUT2D eigenvalue weighted by atomic mass is 10.2. The van der Waals surface area contributed by atoms with E-state index >= 15 is 0 Å². The van der Waals surface area contributed by atoms with E-state index in [4.69, 9.17) is 11.6 Å². The normalized spacial score (nSPS) is 11.8. The van der Waals surface area contributed by atoms with E-state index in [-0.39, 0.29) is 11.4 Å². The second kappa shape index (κ2) is 6.17. The summed E-state index contributed by atoms with van der Waals surface area (Å²) in [6.07, 6.45) is 1.82. The van der Waals surface area contributed by atoms with Gasteiger partial charge < -0.3 is 0 Å². The maximum atomic E-state index is 12.4. The number of aromatic nitrogens is 2. The molecule has 0 aliphatic rings. The molecule has 0 saturated heterocycles. The van der Waals surface area contributed by atoms with Crippen LogP contribution in [0.4, 0.5) is 0 Å². The second-order valence-electron chi connectivity index (χ2n) is 4.85. The van der Waals surface area contributed by atoms with Gasteiger partial charge in [-0.2, -0.15) is 5.10 Å². The highest BCUT2D eigenvalue weighted by Gasteiger charge is 2.18. The fourth-order valence-corrected chi connectivity index (χ4v) is 3.49. The smallest absolute Gasteiger partial charge is 0.241 e. The number of aryl methyl sites for hydroxylation is 3. The lowest BCUT2D eigenvalue weighted by molar-refractivity contribution is 0.577. The minimum atomic E-state index is -3.58. The van der Waals surface area contributed by atoms with Crippen LogP contribution in [0.2, 0.25) is 5.02 Å².